The predicted molar refractivity (Wildman–Crippen MR) is 112 cm³/mol. The Bertz CT molecular complexity index is 925. The van der Waals surface area contributed by atoms with Crippen molar-refractivity contribution in [3.05, 3.63) is 53.6 Å². The van der Waals surface area contributed by atoms with Crippen LogP contribution < -0.4 is 14.8 Å². The first-order chi connectivity index (χ1) is 13.8. The van der Waals surface area contributed by atoms with Crippen LogP contribution >= 0.6 is 0 Å². The van der Waals surface area contributed by atoms with E-state index in [9.17, 15) is 13.2 Å². The SMILES string of the molecule is COc1ccc(CCNC(=O)CCc2cc(S(=O)(=O)N(C)C)ccc2OC)cc1. The molecular weight excluding hydrogens is 392 g/mol. The van der Waals surface area contributed by atoms with E-state index in [0.29, 0.717) is 24.3 Å². The Morgan fingerprint density at radius 3 is 2.28 bits per heavy atom. The standard InChI is InChI=1S/C21H28N2O5S/c1-23(2)29(25,26)19-10-11-20(28-4)17(15-19)7-12-21(24)22-14-13-16-5-8-18(27-3)9-6-16/h5-6,8-11,15H,7,12-14H2,1-4H3,(H,22,24). The van der Waals surface area contributed by atoms with E-state index in [1.54, 1.807) is 19.2 Å². The summed E-state index contributed by atoms with van der Waals surface area (Å²) in [5.41, 5.74) is 1.79. The number of hydrogen-bond acceptors (Lipinski definition) is 5. The van der Waals surface area contributed by atoms with Gasteiger partial charge in [0.1, 0.15) is 11.5 Å². The van der Waals surface area contributed by atoms with Gasteiger partial charge in [-0.1, -0.05) is 12.1 Å². The zero-order chi connectivity index (χ0) is 21.4. The van der Waals surface area contributed by atoms with E-state index in [-0.39, 0.29) is 17.2 Å². The number of amides is 1. The van der Waals surface area contributed by atoms with Crippen LogP contribution in [0.2, 0.25) is 0 Å². The Morgan fingerprint density at radius 2 is 1.69 bits per heavy atom. The number of carbonyl (C=O) groups is 1. The van der Waals surface area contributed by atoms with Crippen molar-refractivity contribution in [3.63, 3.8) is 0 Å². The van der Waals surface area contributed by atoms with Gasteiger partial charge in [-0.25, -0.2) is 12.7 Å². The summed E-state index contributed by atoms with van der Waals surface area (Å²) in [5, 5.41) is 2.89. The molecule has 0 spiro atoms. The zero-order valence-corrected chi connectivity index (χ0v) is 18.1. The van der Waals surface area contributed by atoms with Gasteiger partial charge in [0.15, 0.2) is 0 Å². The molecule has 0 saturated carbocycles. The molecule has 0 aliphatic carbocycles. The van der Waals surface area contributed by atoms with Crippen LogP contribution in [0.4, 0.5) is 0 Å². The van der Waals surface area contributed by atoms with Crippen molar-refractivity contribution in [2.75, 3.05) is 34.9 Å². The Hall–Kier alpha value is -2.58. The van der Waals surface area contributed by atoms with Gasteiger partial charge >= 0.3 is 0 Å². The summed E-state index contributed by atoms with van der Waals surface area (Å²) in [6, 6.07) is 12.4. The van der Waals surface area contributed by atoms with E-state index >= 15 is 0 Å². The van der Waals surface area contributed by atoms with Gasteiger partial charge in [0.2, 0.25) is 15.9 Å². The fraction of sp³-hybridized carbons (Fsp3) is 0.381. The highest BCUT2D eigenvalue weighted by Crippen LogP contribution is 2.25. The number of sulfonamides is 1. The number of carbonyl (C=O) groups excluding carboxylic acids is 1. The summed E-state index contributed by atoms with van der Waals surface area (Å²) in [6.07, 6.45) is 1.34. The van der Waals surface area contributed by atoms with Gasteiger partial charge in [-0.15, -0.1) is 0 Å². The summed E-state index contributed by atoms with van der Waals surface area (Å²) in [7, 11) is 2.56. The smallest absolute Gasteiger partial charge is 0.242 e. The highest BCUT2D eigenvalue weighted by molar-refractivity contribution is 7.89. The molecule has 29 heavy (non-hydrogen) atoms. The Balaban J connectivity index is 1.93. The van der Waals surface area contributed by atoms with Crippen molar-refractivity contribution in [2.45, 2.75) is 24.2 Å². The third-order valence-corrected chi connectivity index (χ3v) is 6.36. The average molecular weight is 421 g/mol. The summed E-state index contributed by atoms with van der Waals surface area (Å²) < 4.78 is 36.3. The van der Waals surface area contributed by atoms with Gasteiger partial charge in [-0.05, 0) is 54.3 Å². The zero-order valence-electron chi connectivity index (χ0n) is 17.3. The van der Waals surface area contributed by atoms with Gasteiger partial charge in [0.05, 0.1) is 19.1 Å². The molecule has 0 radical (unpaired) electrons. The third kappa shape index (κ3) is 6.20. The maximum atomic E-state index is 12.3. The van der Waals surface area contributed by atoms with Crippen molar-refractivity contribution >= 4 is 15.9 Å². The second-order valence-electron chi connectivity index (χ2n) is 6.71. The van der Waals surface area contributed by atoms with Crippen molar-refractivity contribution in [1.82, 2.24) is 9.62 Å². The van der Waals surface area contributed by atoms with Crippen molar-refractivity contribution in [2.24, 2.45) is 0 Å². The van der Waals surface area contributed by atoms with Crippen LogP contribution in [0.25, 0.3) is 0 Å². The number of methoxy groups -OCH3 is 2. The number of benzene rings is 2. The number of nitrogens with one attached hydrogen (secondary N) is 1. The molecule has 2 aromatic rings. The normalized spacial score (nSPS) is 11.3. The van der Waals surface area contributed by atoms with Crippen LogP contribution in [0.1, 0.15) is 17.5 Å². The topological polar surface area (TPSA) is 84.9 Å². The van der Waals surface area contributed by atoms with Gasteiger partial charge in [-0.2, -0.15) is 0 Å². The number of nitrogens with zero attached hydrogens (tertiary/aromatic N) is 1. The number of aryl methyl sites for hydroxylation is 1. The van der Waals surface area contributed by atoms with Crippen LogP contribution in [-0.4, -0.2) is 53.5 Å². The Labute approximate surface area is 172 Å². The number of rotatable bonds is 10. The monoisotopic (exact) mass is 420 g/mol. The van der Waals surface area contributed by atoms with Gasteiger partial charge < -0.3 is 14.8 Å². The molecule has 0 heterocycles. The van der Waals surface area contributed by atoms with Crippen molar-refractivity contribution in [1.29, 1.82) is 0 Å². The van der Waals surface area contributed by atoms with E-state index in [4.69, 9.17) is 9.47 Å². The molecule has 1 amide bonds. The molecule has 2 aromatic carbocycles. The molecule has 0 aromatic heterocycles. The second-order valence-corrected chi connectivity index (χ2v) is 8.86. The minimum atomic E-state index is -3.54. The van der Waals surface area contributed by atoms with E-state index in [2.05, 4.69) is 5.32 Å². The van der Waals surface area contributed by atoms with E-state index in [0.717, 1.165) is 22.0 Å². The quantitative estimate of drug-likeness (QED) is 0.637. The Morgan fingerprint density at radius 1 is 1.00 bits per heavy atom. The molecule has 7 nitrogen and oxygen atoms in total. The first kappa shape index (κ1) is 22.7. The van der Waals surface area contributed by atoms with E-state index < -0.39 is 10.0 Å². The van der Waals surface area contributed by atoms with Crippen LogP contribution in [0, 0.1) is 0 Å². The summed E-state index contributed by atoms with van der Waals surface area (Å²) in [6.45, 7) is 0.525. The van der Waals surface area contributed by atoms with Crippen LogP contribution in [-0.2, 0) is 27.7 Å². The summed E-state index contributed by atoms with van der Waals surface area (Å²) >= 11 is 0. The third-order valence-electron chi connectivity index (χ3n) is 4.55. The molecule has 0 bridgehead atoms. The van der Waals surface area contributed by atoms with Crippen LogP contribution in [0.5, 0.6) is 11.5 Å². The first-order valence-electron chi connectivity index (χ1n) is 9.27. The number of hydrogen-bond donors (Lipinski definition) is 1. The molecule has 1 N–H and O–H groups in total. The molecule has 0 aliphatic rings. The number of ether oxygens (including phenoxy) is 2. The highest BCUT2D eigenvalue weighted by Gasteiger charge is 2.19. The van der Waals surface area contributed by atoms with Crippen molar-refractivity contribution in [3.8, 4) is 11.5 Å². The van der Waals surface area contributed by atoms with E-state index in [1.807, 2.05) is 24.3 Å². The first-order valence-corrected chi connectivity index (χ1v) is 10.7. The van der Waals surface area contributed by atoms with Gasteiger partial charge in [0.25, 0.3) is 0 Å². The van der Waals surface area contributed by atoms with Gasteiger partial charge in [-0.3, -0.25) is 4.79 Å². The van der Waals surface area contributed by atoms with Crippen LogP contribution in [0.3, 0.4) is 0 Å². The maximum Gasteiger partial charge on any atom is 0.242 e. The molecule has 8 heteroatoms. The Kier molecular flexibility index (Phi) is 8.04. The largest absolute Gasteiger partial charge is 0.497 e. The lowest BCUT2D eigenvalue weighted by Gasteiger charge is -2.14. The van der Waals surface area contributed by atoms with E-state index in [1.165, 1.54) is 27.3 Å². The van der Waals surface area contributed by atoms with Crippen molar-refractivity contribution < 1.29 is 22.7 Å². The maximum absolute atomic E-state index is 12.3. The molecule has 0 atom stereocenters. The lowest BCUT2D eigenvalue weighted by Crippen LogP contribution is -2.26. The molecule has 0 aliphatic heterocycles. The lowest BCUT2D eigenvalue weighted by molar-refractivity contribution is -0.121. The molecule has 158 valence electrons. The minimum Gasteiger partial charge on any atom is -0.497 e. The average Bonchev–Trinajstić information content (AvgIpc) is 2.72. The fourth-order valence-electron chi connectivity index (χ4n) is 2.80. The predicted octanol–water partition coefficient (Wildman–Crippen LogP) is 2.25. The summed E-state index contributed by atoms with van der Waals surface area (Å²) in [4.78, 5) is 12.4. The van der Waals surface area contributed by atoms with Crippen LogP contribution in [0.15, 0.2) is 47.4 Å². The lowest BCUT2D eigenvalue weighted by atomic mass is 10.1. The summed E-state index contributed by atoms with van der Waals surface area (Å²) in [5.74, 6) is 1.26. The highest BCUT2D eigenvalue weighted by atomic mass is 32.2. The minimum absolute atomic E-state index is 0.0959. The molecule has 0 fully saturated rings. The molecule has 0 unspecified atom stereocenters. The molecule has 2 rings (SSSR count). The fourth-order valence-corrected chi connectivity index (χ4v) is 3.75. The van der Waals surface area contributed by atoms with Gasteiger partial charge in [0, 0.05) is 27.1 Å². The second kappa shape index (κ2) is 10.3. The molecule has 0 saturated heterocycles. The molecular formula is C21H28N2O5S.